The fourth-order valence-electron chi connectivity index (χ4n) is 3.82. The van der Waals surface area contributed by atoms with Gasteiger partial charge in [0, 0.05) is 22.1 Å². The molecular formula is C16H17BrN4O. The van der Waals surface area contributed by atoms with Gasteiger partial charge in [0.25, 0.3) is 5.91 Å². The second-order valence-electron chi connectivity index (χ2n) is 6.08. The Balaban J connectivity index is 1.55. The SMILES string of the molecule is O=C(c1ccc(Br)cc1)N1C2CCC1CC(n1nccn1)C2. The smallest absolute Gasteiger partial charge is 0.254 e. The molecule has 2 bridgehead atoms. The van der Waals surface area contributed by atoms with E-state index >= 15 is 0 Å². The molecule has 2 aliphatic rings. The van der Waals surface area contributed by atoms with Gasteiger partial charge in [-0.3, -0.25) is 4.79 Å². The number of hydrogen-bond donors (Lipinski definition) is 0. The molecule has 5 nitrogen and oxygen atoms in total. The average molecular weight is 361 g/mol. The van der Waals surface area contributed by atoms with Crippen molar-refractivity contribution in [1.82, 2.24) is 19.9 Å². The Labute approximate surface area is 137 Å². The van der Waals surface area contributed by atoms with Crippen LogP contribution in [0.15, 0.2) is 41.1 Å². The van der Waals surface area contributed by atoms with Crippen LogP contribution in [0.5, 0.6) is 0 Å². The van der Waals surface area contributed by atoms with Crippen LogP contribution in [0.4, 0.5) is 0 Å². The second kappa shape index (κ2) is 5.50. The van der Waals surface area contributed by atoms with Crippen molar-refractivity contribution in [3.63, 3.8) is 0 Å². The molecule has 4 rings (SSSR count). The van der Waals surface area contributed by atoms with Crippen molar-refractivity contribution in [2.45, 2.75) is 43.8 Å². The summed E-state index contributed by atoms with van der Waals surface area (Å²) >= 11 is 3.42. The van der Waals surface area contributed by atoms with E-state index in [9.17, 15) is 4.79 Å². The first-order valence-corrected chi connectivity index (χ1v) is 8.45. The number of amides is 1. The quantitative estimate of drug-likeness (QED) is 0.826. The zero-order valence-electron chi connectivity index (χ0n) is 12.1. The van der Waals surface area contributed by atoms with E-state index in [0.717, 1.165) is 35.7 Å². The highest BCUT2D eigenvalue weighted by atomic mass is 79.9. The van der Waals surface area contributed by atoms with Gasteiger partial charge in [-0.25, -0.2) is 0 Å². The van der Waals surface area contributed by atoms with Gasteiger partial charge >= 0.3 is 0 Å². The molecule has 0 spiro atoms. The molecule has 2 unspecified atom stereocenters. The summed E-state index contributed by atoms with van der Waals surface area (Å²) in [5, 5.41) is 8.54. The summed E-state index contributed by atoms with van der Waals surface area (Å²) in [5.41, 5.74) is 0.774. The molecule has 2 saturated heterocycles. The van der Waals surface area contributed by atoms with Crippen molar-refractivity contribution >= 4 is 21.8 Å². The standard InChI is InChI=1S/C16H17BrN4O/c17-12-3-1-11(2-4-12)16(22)20-13-5-6-14(20)10-15(9-13)21-18-7-8-19-21/h1-4,7-8,13-15H,5-6,9-10H2. The molecule has 0 radical (unpaired) electrons. The Morgan fingerprint density at radius 2 is 1.59 bits per heavy atom. The van der Waals surface area contributed by atoms with Crippen molar-refractivity contribution in [3.8, 4) is 0 Å². The fraction of sp³-hybridized carbons (Fsp3) is 0.438. The van der Waals surface area contributed by atoms with Gasteiger partial charge in [0.05, 0.1) is 18.4 Å². The summed E-state index contributed by atoms with van der Waals surface area (Å²) < 4.78 is 0.996. The van der Waals surface area contributed by atoms with Crippen LogP contribution >= 0.6 is 15.9 Å². The third kappa shape index (κ3) is 2.35. The first kappa shape index (κ1) is 13.9. The Bertz CT molecular complexity index is 656. The second-order valence-corrected chi connectivity index (χ2v) is 6.99. The number of nitrogens with zero attached hydrogens (tertiary/aromatic N) is 4. The maximum Gasteiger partial charge on any atom is 0.254 e. The van der Waals surface area contributed by atoms with Crippen LogP contribution in [0.2, 0.25) is 0 Å². The minimum atomic E-state index is 0.159. The highest BCUT2D eigenvalue weighted by Crippen LogP contribution is 2.41. The maximum atomic E-state index is 12.8. The van der Waals surface area contributed by atoms with Crippen LogP contribution < -0.4 is 0 Å². The van der Waals surface area contributed by atoms with E-state index in [1.807, 2.05) is 29.1 Å². The molecule has 1 amide bonds. The number of aromatic nitrogens is 3. The Kier molecular flexibility index (Phi) is 3.48. The fourth-order valence-corrected chi connectivity index (χ4v) is 4.09. The third-order valence-corrected chi connectivity index (χ3v) is 5.33. The first-order chi connectivity index (χ1) is 10.7. The molecule has 114 valence electrons. The van der Waals surface area contributed by atoms with Crippen LogP contribution in [0.25, 0.3) is 0 Å². The Morgan fingerprint density at radius 3 is 2.18 bits per heavy atom. The van der Waals surface area contributed by atoms with Crippen LogP contribution in [0.1, 0.15) is 42.1 Å². The zero-order valence-corrected chi connectivity index (χ0v) is 13.7. The highest BCUT2D eigenvalue weighted by Gasteiger charge is 2.44. The lowest BCUT2D eigenvalue weighted by Crippen LogP contribution is -2.47. The van der Waals surface area contributed by atoms with Crippen molar-refractivity contribution in [2.24, 2.45) is 0 Å². The largest absolute Gasteiger partial charge is 0.333 e. The number of piperidine rings is 1. The van der Waals surface area contributed by atoms with E-state index in [1.54, 1.807) is 12.4 Å². The number of halogens is 1. The van der Waals surface area contributed by atoms with Crippen molar-refractivity contribution in [3.05, 3.63) is 46.7 Å². The van der Waals surface area contributed by atoms with Crippen molar-refractivity contribution in [2.75, 3.05) is 0 Å². The van der Waals surface area contributed by atoms with Crippen LogP contribution in [0.3, 0.4) is 0 Å². The number of carbonyl (C=O) groups is 1. The topological polar surface area (TPSA) is 51.0 Å². The lowest BCUT2D eigenvalue weighted by molar-refractivity contribution is 0.0512. The lowest BCUT2D eigenvalue weighted by atomic mass is 9.97. The molecule has 2 aromatic rings. The van der Waals surface area contributed by atoms with Gasteiger partial charge in [0.2, 0.25) is 0 Å². The summed E-state index contributed by atoms with van der Waals surface area (Å²) in [7, 11) is 0. The molecule has 2 fully saturated rings. The summed E-state index contributed by atoms with van der Waals surface area (Å²) in [5.74, 6) is 0.159. The molecular weight excluding hydrogens is 344 g/mol. The van der Waals surface area contributed by atoms with Crippen molar-refractivity contribution in [1.29, 1.82) is 0 Å². The minimum absolute atomic E-state index is 0.159. The van der Waals surface area contributed by atoms with Gasteiger partial charge in [-0.1, -0.05) is 15.9 Å². The van der Waals surface area contributed by atoms with E-state index in [-0.39, 0.29) is 5.91 Å². The van der Waals surface area contributed by atoms with Crippen LogP contribution in [-0.4, -0.2) is 37.9 Å². The summed E-state index contributed by atoms with van der Waals surface area (Å²) in [6, 6.07) is 8.59. The predicted molar refractivity (Wildman–Crippen MR) is 85.4 cm³/mol. The summed E-state index contributed by atoms with van der Waals surface area (Å²) in [6.45, 7) is 0. The van der Waals surface area contributed by atoms with Crippen molar-refractivity contribution < 1.29 is 4.79 Å². The van der Waals surface area contributed by atoms with E-state index < -0.39 is 0 Å². The first-order valence-electron chi connectivity index (χ1n) is 7.66. The predicted octanol–water partition coefficient (Wildman–Crippen LogP) is 3.05. The van der Waals surface area contributed by atoms with E-state index in [2.05, 4.69) is 31.0 Å². The molecule has 2 atom stereocenters. The molecule has 22 heavy (non-hydrogen) atoms. The van der Waals surface area contributed by atoms with Gasteiger partial charge in [-0.2, -0.15) is 15.0 Å². The third-order valence-electron chi connectivity index (χ3n) is 4.80. The summed E-state index contributed by atoms with van der Waals surface area (Å²) in [6.07, 6.45) is 7.53. The normalized spacial score (nSPS) is 27.1. The monoisotopic (exact) mass is 360 g/mol. The van der Waals surface area contributed by atoms with E-state index in [0.29, 0.717) is 18.1 Å². The van der Waals surface area contributed by atoms with Crippen LogP contribution in [0, 0.1) is 0 Å². The average Bonchev–Trinajstić information content (AvgIpc) is 3.14. The van der Waals surface area contributed by atoms with Gasteiger partial charge < -0.3 is 4.90 Å². The molecule has 2 aliphatic heterocycles. The highest BCUT2D eigenvalue weighted by molar-refractivity contribution is 9.10. The Hall–Kier alpha value is -1.69. The summed E-state index contributed by atoms with van der Waals surface area (Å²) in [4.78, 5) is 16.8. The number of hydrogen-bond acceptors (Lipinski definition) is 3. The minimum Gasteiger partial charge on any atom is -0.333 e. The molecule has 0 aliphatic carbocycles. The number of carbonyl (C=O) groups excluding carboxylic acids is 1. The van der Waals surface area contributed by atoms with Gasteiger partial charge in [-0.15, -0.1) is 0 Å². The molecule has 6 heteroatoms. The van der Waals surface area contributed by atoms with E-state index in [1.165, 1.54) is 0 Å². The lowest BCUT2D eigenvalue weighted by Gasteiger charge is -2.38. The zero-order chi connectivity index (χ0) is 15.1. The van der Waals surface area contributed by atoms with Crippen LogP contribution in [-0.2, 0) is 0 Å². The molecule has 1 aromatic heterocycles. The Morgan fingerprint density at radius 1 is 1.00 bits per heavy atom. The number of benzene rings is 1. The molecule has 3 heterocycles. The van der Waals surface area contributed by atoms with E-state index in [4.69, 9.17) is 0 Å². The number of rotatable bonds is 2. The number of fused-ring (bicyclic) bond motifs is 2. The van der Waals surface area contributed by atoms with Gasteiger partial charge in [0.1, 0.15) is 0 Å². The molecule has 1 aromatic carbocycles. The molecule has 0 saturated carbocycles. The van der Waals surface area contributed by atoms with Gasteiger partial charge in [0.15, 0.2) is 0 Å². The maximum absolute atomic E-state index is 12.8. The van der Waals surface area contributed by atoms with Gasteiger partial charge in [-0.05, 0) is 49.9 Å². The molecule has 0 N–H and O–H groups in total.